The Hall–Kier alpha value is -0.910. The number of ketones is 1. The van der Waals surface area contributed by atoms with E-state index >= 15 is 0 Å². The van der Waals surface area contributed by atoms with Gasteiger partial charge in [-0.25, -0.2) is 4.79 Å². The van der Waals surface area contributed by atoms with Gasteiger partial charge in [-0.3, -0.25) is 9.00 Å². The van der Waals surface area contributed by atoms with Crippen LogP contribution in [0.25, 0.3) is 0 Å². The van der Waals surface area contributed by atoms with Gasteiger partial charge in [-0.1, -0.05) is 0 Å². The molecule has 1 aliphatic heterocycles. The SMILES string of the molecule is CC(C)(C)OC(=O)NC1CCS(=O)CC1=O. The second-order valence-corrected chi connectivity index (χ2v) is 6.32. The molecule has 0 radical (unpaired) electrons. The van der Waals surface area contributed by atoms with Gasteiger partial charge < -0.3 is 10.1 Å². The lowest BCUT2D eigenvalue weighted by atomic mass is 10.1. The highest BCUT2D eigenvalue weighted by atomic mass is 32.2. The second-order valence-electron chi connectivity index (χ2n) is 4.74. The third-order valence-corrected chi connectivity index (χ3v) is 3.31. The number of carbonyl (C=O) groups excluding carboxylic acids is 2. The van der Waals surface area contributed by atoms with Crippen LogP contribution in [-0.4, -0.2) is 39.2 Å². The molecule has 0 aromatic heterocycles. The van der Waals surface area contributed by atoms with Crippen LogP contribution in [0.4, 0.5) is 4.79 Å². The van der Waals surface area contributed by atoms with Crippen molar-refractivity contribution in [3.8, 4) is 0 Å². The third-order valence-electron chi connectivity index (χ3n) is 2.02. The topological polar surface area (TPSA) is 72.5 Å². The largest absolute Gasteiger partial charge is 0.444 e. The van der Waals surface area contributed by atoms with Gasteiger partial charge in [0.2, 0.25) is 0 Å². The Bertz CT molecular complexity index is 321. The van der Waals surface area contributed by atoms with Crippen LogP contribution in [0.1, 0.15) is 27.2 Å². The number of ether oxygens (including phenoxy) is 1. The van der Waals surface area contributed by atoms with E-state index in [2.05, 4.69) is 5.32 Å². The minimum atomic E-state index is -1.07. The number of hydrogen-bond donors (Lipinski definition) is 1. The summed E-state index contributed by atoms with van der Waals surface area (Å²) in [7, 11) is -1.07. The van der Waals surface area contributed by atoms with E-state index in [0.717, 1.165) is 0 Å². The molecule has 1 saturated heterocycles. The summed E-state index contributed by atoms with van der Waals surface area (Å²) in [6.07, 6.45) is -0.177. The van der Waals surface area contributed by atoms with Gasteiger partial charge in [-0.05, 0) is 27.2 Å². The van der Waals surface area contributed by atoms with E-state index in [1.807, 2.05) is 0 Å². The van der Waals surface area contributed by atoms with Crippen LogP contribution >= 0.6 is 0 Å². The molecule has 16 heavy (non-hydrogen) atoms. The summed E-state index contributed by atoms with van der Waals surface area (Å²) in [6, 6.07) is -0.549. The highest BCUT2D eigenvalue weighted by Crippen LogP contribution is 2.09. The summed E-state index contributed by atoms with van der Waals surface area (Å²) in [4.78, 5) is 22.8. The van der Waals surface area contributed by atoms with Gasteiger partial charge in [0.05, 0.1) is 11.8 Å². The molecule has 0 aromatic carbocycles. The zero-order valence-corrected chi connectivity index (χ0v) is 10.6. The molecule has 1 rings (SSSR count). The molecule has 5 nitrogen and oxygen atoms in total. The van der Waals surface area contributed by atoms with Gasteiger partial charge in [0.1, 0.15) is 5.60 Å². The summed E-state index contributed by atoms with van der Waals surface area (Å²) in [5, 5.41) is 2.50. The third kappa shape index (κ3) is 4.30. The molecule has 0 spiro atoms. The molecule has 6 heteroatoms. The Balaban J connectivity index is 2.45. The fourth-order valence-electron chi connectivity index (χ4n) is 1.34. The summed E-state index contributed by atoms with van der Waals surface area (Å²) in [5.41, 5.74) is -0.579. The fourth-order valence-corrected chi connectivity index (χ4v) is 2.51. The predicted octanol–water partition coefficient (Wildman–Crippen LogP) is 0.601. The number of rotatable bonds is 1. The van der Waals surface area contributed by atoms with E-state index in [0.29, 0.717) is 12.2 Å². The van der Waals surface area contributed by atoms with Crippen molar-refractivity contribution in [2.75, 3.05) is 11.5 Å². The van der Waals surface area contributed by atoms with Crippen molar-refractivity contribution < 1.29 is 18.5 Å². The molecule has 0 bridgehead atoms. The van der Waals surface area contributed by atoms with Gasteiger partial charge in [-0.2, -0.15) is 0 Å². The minimum Gasteiger partial charge on any atom is -0.444 e. The van der Waals surface area contributed by atoms with Crippen molar-refractivity contribution in [3.05, 3.63) is 0 Å². The van der Waals surface area contributed by atoms with Gasteiger partial charge in [0.25, 0.3) is 0 Å². The Kier molecular flexibility index (Phi) is 4.07. The number of alkyl carbamates (subject to hydrolysis) is 1. The van der Waals surface area contributed by atoms with Crippen LogP contribution in [0.5, 0.6) is 0 Å². The maximum atomic E-state index is 11.4. The number of hydrogen-bond acceptors (Lipinski definition) is 4. The first-order chi connectivity index (χ1) is 7.28. The van der Waals surface area contributed by atoms with Crippen LogP contribution in [0.2, 0.25) is 0 Å². The molecule has 1 N–H and O–H groups in total. The molecule has 1 heterocycles. The molecule has 1 aliphatic rings. The number of carbonyl (C=O) groups is 2. The second kappa shape index (κ2) is 4.95. The molecule has 1 fully saturated rings. The van der Waals surface area contributed by atoms with E-state index < -0.39 is 28.5 Å². The minimum absolute atomic E-state index is 0.0282. The zero-order valence-electron chi connectivity index (χ0n) is 9.74. The average molecular weight is 247 g/mol. The van der Waals surface area contributed by atoms with Gasteiger partial charge in [-0.15, -0.1) is 0 Å². The highest BCUT2D eigenvalue weighted by molar-refractivity contribution is 7.85. The standard InChI is InChI=1S/C10H17NO4S/c1-10(2,3)15-9(13)11-7-4-5-16(14)6-8(7)12/h7H,4-6H2,1-3H3,(H,11,13). The smallest absolute Gasteiger partial charge is 0.408 e. The average Bonchev–Trinajstić information content (AvgIpc) is 2.06. The van der Waals surface area contributed by atoms with Crippen molar-refractivity contribution in [2.45, 2.75) is 38.8 Å². The first-order valence-corrected chi connectivity index (χ1v) is 6.64. The quantitative estimate of drug-likeness (QED) is 0.736. The molecular weight excluding hydrogens is 230 g/mol. The van der Waals surface area contributed by atoms with E-state index in [1.165, 1.54) is 0 Å². The lowest BCUT2D eigenvalue weighted by Gasteiger charge is -2.24. The van der Waals surface area contributed by atoms with Crippen LogP contribution in [0, 0.1) is 0 Å². The van der Waals surface area contributed by atoms with Gasteiger partial charge >= 0.3 is 6.09 Å². The van der Waals surface area contributed by atoms with E-state index in [-0.39, 0.29) is 11.5 Å². The van der Waals surface area contributed by atoms with Crippen molar-refractivity contribution >= 4 is 22.7 Å². The molecule has 92 valence electrons. The maximum absolute atomic E-state index is 11.4. The Morgan fingerprint density at radius 2 is 2.12 bits per heavy atom. The number of Topliss-reactive ketones (excluding diaryl/α,β-unsaturated/α-hetero) is 1. The highest BCUT2D eigenvalue weighted by Gasteiger charge is 2.29. The van der Waals surface area contributed by atoms with E-state index in [1.54, 1.807) is 20.8 Å². The lowest BCUT2D eigenvalue weighted by molar-refractivity contribution is -0.118. The molecular formula is C10H17NO4S. The van der Waals surface area contributed by atoms with Crippen LogP contribution in [0.3, 0.4) is 0 Å². The van der Waals surface area contributed by atoms with Gasteiger partial charge in [0, 0.05) is 16.6 Å². The van der Waals surface area contributed by atoms with E-state index in [4.69, 9.17) is 4.74 Å². The number of nitrogens with one attached hydrogen (secondary N) is 1. The molecule has 2 unspecified atom stereocenters. The Morgan fingerprint density at radius 1 is 1.50 bits per heavy atom. The summed E-state index contributed by atoms with van der Waals surface area (Å²) in [5.74, 6) is 0.294. The maximum Gasteiger partial charge on any atom is 0.408 e. The van der Waals surface area contributed by atoms with Crippen molar-refractivity contribution in [2.24, 2.45) is 0 Å². The van der Waals surface area contributed by atoms with E-state index in [9.17, 15) is 13.8 Å². The fraction of sp³-hybridized carbons (Fsp3) is 0.800. The molecule has 0 saturated carbocycles. The monoisotopic (exact) mass is 247 g/mol. The van der Waals surface area contributed by atoms with Gasteiger partial charge in [0.15, 0.2) is 5.78 Å². The van der Waals surface area contributed by atoms with Crippen LogP contribution in [-0.2, 0) is 20.3 Å². The first-order valence-electron chi connectivity index (χ1n) is 5.15. The van der Waals surface area contributed by atoms with Crippen LogP contribution in [0.15, 0.2) is 0 Å². The number of amides is 1. The molecule has 1 amide bonds. The lowest BCUT2D eigenvalue weighted by Crippen LogP contribution is -2.48. The first kappa shape index (κ1) is 13.2. The van der Waals surface area contributed by atoms with Crippen LogP contribution < -0.4 is 5.32 Å². The Labute approximate surface area is 97.4 Å². The summed E-state index contributed by atoms with van der Waals surface area (Å²) < 4.78 is 16.1. The Morgan fingerprint density at radius 3 is 2.62 bits per heavy atom. The predicted molar refractivity (Wildman–Crippen MR) is 60.7 cm³/mol. The van der Waals surface area contributed by atoms with Crippen molar-refractivity contribution in [3.63, 3.8) is 0 Å². The zero-order chi connectivity index (χ0) is 12.3. The normalized spacial score (nSPS) is 26.3. The summed E-state index contributed by atoms with van der Waals surface area (Å²) in [6.45, 7) is 5.26. The molecule has 2 atom stereocenters. The molecule has 0 aliphatic carbocycles. The molecule has 0 aromatic rings. The van der Waals surface area contributed by atoms with Crippen molar-refractivity contribution in [1.82, 2.24) is 5.32 Å². The summed E-state index contributed by atoms with van der Waals surface area (Å²) >= 11 is 0. The van der Waals surface area contributed by atoms with Crippen molar-refractivity contribution in [1.29, 1.82) is 0 Å².